The van der Waals surface area contributed by atoms with Gasteiger partial charge < -0.3 is 5.32 Å². The maximum Gasteiger partial charge on any atom is 0.254 e. The zero-order chi connectivity index (χ0) is 12.8. The van der Waals surface area contributed by atoms with Gasteiger partial charge in [-0.15, -0.1) is 11.6 Å². The Labute approximate surface area is 106 Å². The van der Waals surface area contributed by atoms with Gasteiger partial charge in [0.05, 0.1) is 5.56 Å². The van der Waals surface area contributed by atoms with Crippen molar-refractivity contribution in [2.45, 2.75) is 32.7 Å². The summed E-state index contributed by atoms with van der Waals surface area (Å²) in [6.07, 6.45) is 1.48. The van der Waals surface area contributed by atoms with Crippen LogP contribution in [0.4, 0.5) is 4.39 Å². The summed E-state index contributed by atoms with van der Waals surface area (Å²) in [5.41, 5.74) is 0.885. The number of halogens is 2. The Kier molecular flexibility index (Phi) is 5.42. The van der Waals surface area contributed by atoms with Gasteiger partial charge in [0.25, 0.3) is 5.91 Å². The number of carbonyl (C=O) groups is 1. The molecule has 0 fully saturated rings. The third-order valence-corrected chi connectivity index (χ3v) is 2.87. The molecule has 0 aliphatic heterocycles. The first kappa shape index (κ1) is 14.0. The van der Waals surface area contributed by atoms with E-state index in [2.05, 4.69) is 5.32 Å². The second-order valence-electron chi connectivity index (χ2n) is 4.04. The second kappa shape index (κ2) is 6.60. The molecule has 0 bridgehead atoms. The number of amides is 1. The maximum absolute atomic E-state index is 13.6. The van der Waals surface area contributed by atoms with Gasteiger partial charge in [0.2, 0.25) is 0 Å². The van der Waals surface area contributed by atoms with E-state index >= 15 is 0 Å². The van der Waals surface area contributed by atoms with E-state index in [-0.39, 0.29) is 17.5 Å². The smallest absolute Gasteiger partial charge is 0.254 e. The van der Waals surface area contributed by atoms with Crippen molar-refractivity contribution in [1.82, 2.24) is 5.32 Å². The number of carbonyl (C=O) groups excluding carboxylic acids is 1. The van der Waals surface area contributed by atoms with E-state index in [1.165, 1.54) is 12.1 Å². The molecule has 94 valence electrons. The van der Waals surface area contributed by atoms with Gasteiger partial charge in [-0.05, 0) is 37.5 Å². The van der Waals surface area contributed by atoms with Crippen LogP contribution in [-0.2, 0) is 0 Å². The van der Waals surface area contributed by atoms with Gasteiger partial charge in [-0.3, -0.25) is 4.79 Å². The first-order chi connectivity index (χ1) is 8.08. The summed E-state index contributed by atoms with van der Waals surface area (Å²) < 4.78 is 13.6. The maximum atomic E-state index is 13.6. The van der Waals surface area contributed by atoms with Crippen molar-refractivity contribution >= 4 is 17.5 Å². The Morgan fingerprint density at radius 3 is 2.76 bits per heavy atom. The fraction of sp³-hybridized carbons (Fsp3) is 0.462. The molecule has 1 aromatic carbocycles. The molecule has 0 spiro atoms. The van der Waals surface area contributed by atoms with Gasteiger partial charge in [-0.2, -0.15) is 0 Å². The molecule has 0 aliphatic carbocycles. The van der Waals surface area contributed by atoms with Crippen molar-refractivity contribution < 1.29 is 9.18 Å². The Balaban J connectivity index is 2.75. The van der Waals surface area contributed by atoms with Crippen LogP contribution in [0.2, 0.25) is 0 Å². The van der Waals surface area contributed by atoms with E-state index < -0.39 is 5.82 Å². The Morgan fingerprint density at radius 1 is 1.53 bits per heavy atom. The summed E-state index contributed by atoms with van der Waals surface area (Å²) in [6, 6.07) is 4.59. The van der Waals surface area contributed by atoms with Crippen LogP contribution in [0.5, 0.6) is 0 Å². The van der Waals surface area contributed by atoms with Gasteiger partial charge >= 0.3 is 0 Å². The molecule has 0 aliphatic rings. The summed E-state index contributed by atoms with van der Waals surface area (Å²) in [5.74, 6) is -0.377. The summed E-state index contributed by atoms with van der Waals surface area (Å²) in [6.45, 7) is 3.75. The number of hydrogen-bond donors (Lipinski definition) is 1. The molecule has 17 heavy (non-hydrogen) atoms. The van der Waals surface area contributed by atoms with Gasteiger partial charge in [0, 0.05) is 11.9 Å². The largest absolute Gasteiger partial charge is 0.349 e. The monoisotopic (exact) mass is 257 g/mol. The highest BCUT2D eigenvalue weighted by Gasteiger charge is 2.15. The summed E-state index contributed by atoms with van der Waals surface area (Å²) in [4.78, 5) is 11.8. The van der Waals surface area contributed by atoms with Crippen LogP contribution in [0.1, 0.15) is 35.7 Å². The van der Waals surface area contributed by atoms with Crippen molar-refractivity contribution in [3.8, 4) is 0 Å². The van der Waals surface area contributed by atoms with Crippen LogP contribution in [0, 0.1) is 12.7 Å². The highest BCUT2D eigenvalue weighted by Crippen LogP contribution is 2.11. The minimum Gasteiger partial charge on any atom is -0.349 e. The quantitative estimate of drug-likeness (QED) is 0.806. The number of rotatable bonds is 5. The zero-order valence-corrected chi connectivity index (χ0v) is 10.9. The predicted octanol–water partition coefficient (Wildman–Crippen LogP) is 3.27. The molecular formula is C13H17ClFNO. The third kappa shape index (κ3) is 4.00. The average molecular weight is 258 g/mol. The van der Waals surface area contributed by atoms with E-state index in [1.54, 1.807) is 13.0 Å². The lowest BCUT2D eigenvalue weighted by atomic mass is 10.1. The predicted molar refractivity (Wildman–Crippen MR) is 68.0 cm³/mol. The minimum atomic E-state index is -0.483. The Bertz CT molecular complexity index is 395. The van der Waals surface area contributed by atoms with E-state index in [1.807, 2.05) is 6.92 Å². The van der Waals surface area contributed by atoms with E-state index in [0.717, 1.165) is 12.0 Å². The van der Waals surface area contributed by atoms with Crippen molar-refractivity contribution in [2.24, 2.45) is 0 Å². The van der Waals surface area contributed by atoms with Gasteiger partial charge in [-0.25, -0.2) is 4.39 Å². The molecule has 2 nitrogen and oxygen atoms in total. The molecular weight excluding hydrogens is 241 g/mol. The summed E-state index contributed by atoms with van der Waals surface area (Å²) in [7, 11) is 0. The van der Waals surface area contributed by atoms with Crippen LogP contribution in [-0.4, -0.2) is 17.8 Å². The summed E-state index contributed by atoms with van der Waals surface area (Å²) in [5, 5.41) is 2.78. The van der Waals surface area contributed by atoms with Crippen LogP contribution < -0.4 is 5.32 Å². The number of hydrogen-bond acceptors (Lipinski definition) is 1. The van der Waals surface area contributed by atoms with Crippen molar-refractivity contribution in [1.29, 1.82) is 0 Å². The lowest BCUT2D eigenvalue weighted by Crippen LogP contribution is -2.35. The van der Waals surface area contributed by atoms with Gasteiger partial charge in [0.1, 0.15) is 5.82 Å². The molecule has 1 rings (SSSR count). The molecule has 0 saturated carbocycles. The van der Waals surface area contributed by atoms with Crippen LogP contribution in [0.25, 0.3) is 0 Å². The van der Waals surface area contributed by atoms with Crippen molar-refractivity contribution in [3.05, 3.63) is 35.1 Å². The van der Waals surface area contributed by atoms with Crippen molar-refractivity contribution in [2.75, 3.05) is 5.88 Å². The van der Waals surface area contributed by atoms with Crippen LogP contribution in [0.3, 0.4) is 0 Å². The molecule has 0 aromatic heterocycles. The topological polar surface area (TPSA) is 29.1 Å². The lowest BCUT2D eigenvalue weighted by molar-refractivity contribution is 0.0931. The molecule has 4 heteroatoms. The number of benzene rings is 1. The average Bonchev–Trinajstić information content (AvgIpc) is 2.28. The Hall–Kier alpha value is -1.09. The van der Waals surface area contributed by atoms with Gasteiger partial charge in [-0.1, -0.05) is 13.0 Å². The van der Waals surface area contributed by atoms with E-state index in [0.29, 0.717) is 12.3 Å². The highest BCUT2D eigenvalue weighted by atomic mass is 35.5. The molecule has 1 atom stereocenters. The first-order valence-corrected chi connectivity index (χ1v) is 6.25. The normalized spacial score (nSPS) is 12.2. The molecule has 1 N–H and O–H groups in total. The molecule has 0 heterocycles. The fourth-order valence-corrected chi connectivity index (χ4v) is 1.84. The molecule has 1 aromatic rings. The minimum absolute atomic E-state index is 0.000651. The van der Waals surface area contributed by atoms with Crippen LogP contribution in [0.15, 0.2) is 18.2 Å². The molecule has 0 radical (unpaired) electrons. The van der Waals surface area contributed by atoms with Gasteiger partial charge in [0.15, 0.2) is 0 Å². The van der Waals surface area contributed by atoms with Crippen molar-refractivity contribution in [3.63, 3.8) is 0 Å². The Morgan fingerprint density at radius 2 is 2.24 bits per heavy atom. The lowest BCUT2D eigenvalue weighted by Gasteiger charge is -2.15. The number of nitrogens with one attached hydrogen (secondary N) is 1. The number of alkyl halides is 1. The second-order valence-corrected chi connectivity index (χ2v) is 4.42. The fourth-order valence-electron chi connectivity index (χ4n) is 1.58. The van der Waals surface area contributed by atoms with Crippen LogP contribution >= 0.6 is 11.6 Å². The standard InChI is InChI=1S/C13H17ClFNO/c1-3-10(6-7-14)16-13(17)11-5-4-9(2)8-12(11)15/h4-5,8,10H,3,6-7H2,1-2H3,(H,16,17). The van der Waals surface area contributed by atoms with E-state index in [4.69, 9.17) is 11.6 Å². The van der Waals surface area contributed by atoms with E-state index in [9.17, 15) is 9.18 Å². The summed E-state index contributed by atoms with van der Waals surface area (Å²) >= 11 is 5.63. The first-order valence-electron chi connectivity index (χ1n) is 5.71. The third-order valence-electron chi connectivity index (χ3n) is 2.65. The molecule has 0 saturated heterocycles. The highest BCUT2D eigenvalue weighted by molar-refractivity contribution is 6.17. The molecule has 1 unspecified atom stereocenters. The SMILES string of the molecule is CCC(CCCl)NC(=O)c1ccc(C)cc1F. The number of aryl methyl sites for hydroxylation is 1. The molecule has 1 amide bonds. The zero-order valence-electron chi connectivity index (χ0n) is 10.1.